The summed E-state index contributed by atoms with van der Waals surface area (Å²) in [6.45, 7) is 6.40. The van der Waals surface area contributed by atoms with Crippen LogP contribution in [0.5, 0.6) is 0 Å². The highest BCUT2D eigenvalue weighted by atomic mass is 16.6. The summed E-state index contributed by atoms with van der Waals surface area (Å²) < 4.78 is 5.55. The van der Waals surface area contributed by atoms with E-state index in [0.717, 1.165) is 5.56 Å². The number of aliphatic hydroxyl groups excluding tert-OH is 1. The quantitative estimate of drug-likeness (QED) is 0.754. The van der Waals surface area contributed by atoms with E-state index in [1.165, 1.54) is 0 Å². The summed E-state index contributed by atoms with van der Waals surface area (Å²) in [4.78, 5) is 0. The highest BCUT2D eigenvalue weighted by Crippen LogP contribution is 2.44. The summed E-state index contributed by atoms with van der Waals surface area (Å²) in [7, 11) is 0. The van der Waals surface area contributed by atoms with E-state index in [1.807, 2.05) is 30.3 Å². The second kappa shape index (κ2) is 3.62. The zero-order chi connectivity index (χ0) is 11.1. The van der Waals surface area contributed by atoms with Crippen LogP contribution in [0.15, 0.2) is 30.3 Å². The molecule has 0 aliphatic carbocycles. The van der Waals surface area contributed by atoms with E-state index < -0.39 is 6.10 Å². The van der Waals surface area contributed by atoms with Gasteiger partial charge in [-0.15, -0.1) is 0 Å². The van der Waals surface area contributed by atoms with E-state index in [-0.39, 0.29) is 17.6 Å². The molecule has 82 valence electrons. The van der Waals surface area contributed by atoms with Gasteiger partial charge in [-0.3, -0.25) is 0 Å². The van der Waals surface area contributed by atoms with Gasteiger partial charge in [-0.2, -0.15) is 0 Å². The average molecular weight is 206 g/mol. The lowest BCUT2D eigenvalue weighted by molar-refractivity contribution is 0.136. The molecule has 0 unspecified atom stereocenters. The van der Waals surface area contributed by atoms with Crippen molar-refractivity contribution in [2.24, 2.45) is 5.41 Å². The van der Waals surface area contributed by atoms with Gasteiger partial charge < -0.3 is 9.84 Å². The smallest absolute Gasteiger partial charge is 0.115 e. The third-order valence-electron chi connectivity index (χ3n) is 2.83. The minimum atomic E-state index is -0.490. The second-order valence-electron chi connectivity index (χ2n) is 5.24. The molecule has 0 spiro atoms. The Morgan fingerprint density at radius 3 is 2.27 bits per heavy atom. The fourth-order valence-electron chi connectivity index (χ4n) is 1.90. The van der Waals surface area contributed by atoms with Crippen LogP contribution in [-0.4, -0.2) is 17.3 Å². The topological polar surface area (TPSA) is 32.8 Å². The average Bonchev–Trinajstić information content (AvgIpc) is 2.97. The van der Waals surface area contributed by atoms with Crippen molar-refractivity contribution in [1.82, 2.24) is 0 Å². The van der Waals surface area contributed by atoms with Crippen LogP contribution in [0, 0.1) is 5.41 Å². The van der Waals surface area contributed by atoms with E-state index in [0.29, 0.717) is 0 Å². The second-order valence-corrected chi connectivity index (χ2v) is 5.24. The number of ether oxygens (including phenoxy) is 1. The number of rotatable bonds is 2. The molecule has 3 atom stereocenters. The summed E-state index contributed by atoms with van der Waals surface area (Å²) in [6.07, 6.45) is -0.351. The standard InChI is InChI=1S/C13H18O2/c1-13(2,3)12-11(15-12)10(14)9-7-5-4-6-8-9/h4-8,10-12,14H,1-3H3/t10-,11+,12-/m1/s1. The van der Waals surface area contributed by atoms with Crippen molar-refractivity contribution in [3.8, 4) is 0 Å². The third-order valence-corrected chi connectivity index (χ3v) is 2.83. The Kier molecular flexibility index (Phi) is 2.57. The molecule has 1 aliphatic heterocycles. The third kappa shape index (κ3) is 2.21. The van der Waals surface area contributed by atoms with Gasteiger partial charge in [0, 0.05) is 0 Å². The van der Waals surface area contributed by atoms with Crippen LogP contribution < -0.4 is 0 Å². The van der Waals surface area contributed by atoms with Crippen LogP contribution in [0.25, 0.3) is 0 Å². The van der Waals surface area contributed by atoms with Gasteiger partial charge >= 0.3 is 0 Å². The Balaban J connectivity index is 2.04. The van der Waals surface area contributed by atoms with Gasteiger partial charge in [-0.25, -0.2) is 0 Å². The van der Waals surface area contributed by atoms with E-state index in [9.17, 15) is 5.11 Å². The molecular weight excluding hydrogens is 188 g/mol. The lowest BCUT2D eigenvalue weighted by Gasteiger charge is -2.16. The minimum absolute atomic E-state index is 0.0348. The van der Waals surface area contributed by atoms with Crippen molar-refractivity contribution < 1.29 is 9.84 Å². The maximum absolute atomic E-state index is 10.1. The minimum Gasteiger partial charge on any atom is -0.386 e. The van der Waals surface area contributed by atoms with Gasteiger partial charge in [0.15, 0.2) is 0 Å². The normalized spacial score (nSPS) is 27.5. The Bertz CT molecular complexity index is 326. The number of benzene rings is 1. The maximum atomic E-state index is 10.1. The van der Waals surface area contributed by atoms with E-state index in [1.54, 1.807) is 0 Å². The van der Waals surface area contributed by atoms with Gasteiger partial charge in [-0.05, 0) is 11.0 Å². The van der Waals surface area contributed by atoms with Gasteiger partial charge in [0.25, 0.3) is 0 Å². The van der Waals surface area contributed by atoms with E-state index in [4.69, 9.17) is 4.74 Å². The summed E-state index contributed by atoms with van der Waals surface area (Å²) in [5, 5.41) is 10.1. The van der Waals surface area contributed by atoms with Gasteiger partial charge in [-0.1, -0.05) is 51.1 Å². The molecule has 2 nitrogen and oxygen atoms in total. The Hall–Kier alpha value is -0.860. The van der Waals surface area contributed by atoms with Crippen molar-refractivity contribution in [2.75, 3.05) is 0 Å². The molecule has 0 saturated carbocycles. The number of hydrogen-bond donors (Lipinski definition) is 1. The van der Waals surface area contributed by atoms with E-state index in [2.05, 4.69) is 20.8 Å². The zero-order valence-electron chi connectivity index (χ0n) is 9.47. The molecule has 1 aromatic carbocycles. The molecule has 1 aromatic rings. The lowest BCUT2D eigenvalue weighted by Crippen LogP contribution is -2.19. The fraction of sp³-hybridized carbons (Fsp3) is 0.538. The molecule has 2 heteroatoms. The molecule has 1 N–H and O–H groups in total. The van der Waals surface area contributed by atoms with Gasteiger partial charge in [0.2, 0.25) is 0 Å². The molecule has 2 rings (SSSR count). The first kappa shape index (κ1) is 10.7. The molecule has 0 bridgehead atoms. The van der Waals surface area contributed by atoms with E-state index >= 15 is 0 Å². The van der Waals surface area contributed by atoms with Crippen LogP contribution >= 0.6 is 0 Å². The highest BCUT2D eigenvalue weighted by molar-refractivity contribution is 5.20. The molecule has 0 radical (unpaired) electrons. The first-order valence-corrected chi connectivity index (χ1v) is 5.38. The first-order chi connectivity index (χ1) is 7.00. The predicted molar refractivity (Wildman–Crippen MR) is 59.5 cm³/mol. The van der Waals surface area contributed by atoms with Crippen molar-refractivity contribution in [2.45, 2.75) is 39.1 Å². The number of hydrogen-bond acceptors (Lipinski definition) is 2. The lowest BCUT2D eigenvalue weighted by atomic mass is 9.88. The number of epoxide rings is 1. The van der Waals surface area contributed by atoms with Crippen molar-refractivity contribution in [3.63, 3.8) is 0 Å². The molecule has 15 heavy (non-hydrogen) atoms. The van der Waals surface area contributed by atoms with Crippen molar-refractivity contribution >= 4 is 0 Å². The summed E-state index contributed by atoms with van der Waals surface area (Å²) >= 11 is 0. The van der Waals surface area contributed by atoms with Crippen molar-refractivity contribution in [3.05, 3.63) is 35.9 Å². The van der Waals surface area contributed by atoms with Gasteiger partial charge in [0.1, 0.15) is 12.2 Å². The Labute approximate surface area is 90.9 Å². The summed E-state index contributed by atoms with van der Waals surface area (Å²) in [6, 6.07) is 9.70. The largest absolute Gasteiger partial charge is 0.386 e. The molecule has 1 aliphatic rings. The summed E-state index contributed by atoms with van der Waals surface area (Å²) in [5.41, 5.74) is 1.05. The Morgan fingerprint density at radius 2 is 1.80 bits per heavy atom. The predicted octanol–water partition coefficient (Wildman–Crippen LogP) is 2.53. The molecular formula is C13H18O2. The molecule has 0 amide bonds. The molecule has 1 saturated heterocycles. The first-order valence-electron chi connectivity index (χ1n) is 5.38. The van der Waals surface area contributed by atoms with Crippen LogP contribution in [0.2, 0.25) is 0 Å². The summed E-state index contributed by atoms with van der Waals surface area (Å²) in [5.74, 6) is 0. The van der Waals surface area contributed by atoms with Crippen LogP contribution in [0.3, 0.4) is 0 Å². The van der Waals surface area contributed by atoms with Crippen molar-refractivity contribution in [1.29, 1.82) is 0 Å². The van der Waals surface area contributed by atoms with Crippen LogP contribution in [0.4, 0.5) is 0 Å². The zero-order valence-corrected chi connectivity index (χ0v) is 9.47. The maximum Gasteiger partial charge on any atom is 0.115 e. The number of aliphatic hydroxyl groups is 1. The SMILES string of the molecule is CC(C)(C)[C@@H]1O[C@H]1[C@H](O)c1ccccc1. The molecule has 1 fully saturated rings. The Morgan fingerprint density at radius 1 is 1.20 bits per heavy atom. The fourth-order valence-corrected chi connectivity index (χ4v) is 1.90. The van der Waals surface area contributed by atoms with Crippen LogP contribution in [0.1, 0.15) is 32.4 Å². The molecule has 1 heterocycles. The highest BCUT2D eigenvalue weighted by Gasteiger charge is 2.51. The van der Waals surface area contributed by atoms with Crippen LogP contribution in [-0.2, 0) is 4.74 Å². The monoisotopic (exact) mass is 206 g/mol. The van der Waals surface area contributed by atoms with Gasteiger partial charge in [0.05, 0.1) is 6.10 Å². The molecule has 0 aromatic heterocycles.